The molecule has 2 aliphatic heterocycles. The van der Waals surface area contributed by atoms with Gasteiger partial charge in [-0.3, -0.25) is 19.2 Å². The van der Waals surface area contributed by atoms with Crippen LogP contribution in [0.1, 0.15) is 110 Å². The lowest BCUT2D eigenvalue weighted by Gasteiger charge is -2.31. The molecule has 5 aromatic rings. The maximum atomic E-state index is 13.7. The second kappa shape index (κ2) is 26.6. The van der Waals surface area contributed by atoms with E-state index in [-0.39, 0.29) is 53.6 Å². The lowest BCUT2D eigenvalue weighted by atomic mass is 9.94. The zero-order chi connectivity index (χ0) is 51.1. The second-order valence-corrected chi connectivity index (χ2v) is 20.8. The van der Waals surface area contributed by atoms with Gasteiger partial charge in [-0.25, -0.2) is 0 Å². The summed E-state index contributed by atoms with van der Waals surface area (Å²) in [6.07, 6.45) is 4.45. The summed E-state index contributed by atoms with van der Waals surface area (Å²) >= 11 is 18.1. The van der Waals surface area contributed by atoms with Gasteiger partial charge in [0, 0.05) is 84.9 Å². The van der Waals surface area contributed by atoms with E-state index < -0.39 is 11.6 Å². The maximum absolute atomic E-state index is 13.7. The van der Waals surface area contributed by atoms with Crippen LogP contribution in [0, 0.1) is 0 Å². The third-order valence-corrected chi connectivity index (χ3v) is 14.4. The molecule has 0 aromatic heterocycles. The molecular formula is C56H71Cl3N8O4. The molecule has 2 heterocycles. The molecule has 0 unspecified atom stereocenters. The van der Waals surface area contributed by atoms with Crippen LogP contribution in [0.4, 0.5) is 0 Å². The highest BCUT2D eigenvalue weighted by atomic mass is 35.5. The first kappa shape index (κ1) is 55.3. The van der Waals surface area contributed by atoms with Crippen molar-refractivity contribution in [3.8, 4) is 0 Å². The van der Waals surface area contributed by atoms with Crippen molar-refractivity contribution in [2.75, 3.05) is 45.8 Å². The number of hydrogen-bond acceptors (Lipinski definition) is 8. The lowest BCUT2D eigenvalue weighted by molar-refractivity contribution is -0.134. The Hall–Kier alpha value is -5.05. The number of rotatable bonds is 18. The Kier molecular flexibility index (Phi) is 20.7. The van der Waals surface area contributed by atoms with Crippen LogP contribution < -0.4 is 32.7 Å². The average Bonchev–Trinajstić information content (AvgIpc) is 3.60. The van der Waals surface area contributed by atoms with E-state index in [0.717, 1.165) is 36.5 Å². The van der Waals surface area contributed by atoms with Crippen molar-refractivity contribution in [1.29, 1.82) is 0 Å². The molecule has 2 aliphatic rings. The van der Waals surface area contributed by atoms with Crippen LogP contribution in [-0.4, -0.2) is 109 Å². The molecular weight excluding hydrogens is 955 g/mol. The molecule has 0 aliphatic carbocycles. The van der Waals surface area contributed by atoms with E-state index in [9.17, 15) is 19.2 Å². The Morgan fingerprint density at radius 3 is 1.65 bits per heavy atom. The number of nitrogens with two attached hydrogens (primary N) is 2. The lowest BCUT2D eigenvalue weighted by Crippen LogP contribution is -2.53. The van der Waals surface area contributed by atoms with Crippen molar-refractivity contribution in [2.24, 2.45) is 11.5 Å². The van der Waals surface area contributed by atoms with Crippen LogP contribution >= 0.6 is 34.8 Å². The van der Waals surface area contributed by atoms with Gasteiger partial charge >= 0.3 is 0 Å². The average molecular weight is 1030 g/mol. The first-order valence-corrected chi connectivity index (χ1v) is 26.1. The van der Waals surface area contributed by atoms with Crippen LogP contribution in [0.25, 0.3) is 10.8 Å². The van der Waals surface area contributed by atoms with E-state index in [0.29, 0.717) is 84.8 Å². The third kappa shape index (κ3) is 16.2. The Morgan fingerprint density at radius 2 is 1.14 bits per heavy atom. The van der Waals surface area contributed by atoms with Gasteiger partial charge in [-0.2, -0.15) is 0 Å². The third-order valence-electron chi connectivity index (χ3n) is 13.4. The summed E-state index contributed by atoms with van der Waals surface area (Å²) < 4.78 is 0. The molecule has 8 N–H and O–H groups in total. The molecule has 4 amide bonds. The quantitative estimate of drug-likeness (QED) is 0.0505. The predicted molar refractivity (Wildman–Crippen MR) is 289 cm³/mol. The summed E-state index contributed by atoms with van der Waals surface area (Å²) in [6, 6.07) is 35.9. The Labute approximate surface area is 434 Å². The summed E-state index contributed by atoms with van der Waals surface area (Å²) in [5.74, 6) is 0.341. The molecule has 15 heteroatoms. The van der Waals surface area contributed by atoms with E-state index in [4.69, 9.17) is 46.3 Å². The van der Waals surface area contributed by atoms with Gasteiger partial charge in [0.15, 0.2) is 0 Å². The Bertz CT molecular complexity index is 2550. The molecule has 12 nitrogen and oxygen atoms in total. The number of hydrogen-bond donors (Lipinski definition) is 6. The largest absolute Gasteiger partial charge is 0.350 e. The normalized spacial score (nSPS) is 19.5. The van der Waals surface area contributed by atoms with Crippen LogP contribution in [-0.2, 0) is 9.59 Å². The van der Waals surface area contributed by atoms with Gasteiger partial charge in [0.25, 0.3) is 11.8 Å². The van der Waals surface area contributed by atoms with Crippen LogP contribution in [0.5, 0.6) is 0 Å². The Morgan fingerprint density at radius 1 is 0.662 bits per heavy atom. The molecule has 380 valence electrons. The van der Waals surface area contributed by atoms with E-state index in [1.165, 1.54) is 11.1 Å². The SMILES string of the molecule is CC[C@H](CN1CC[C@@H](CNC(=O)c2ccc(Cl)c(Cl)c2)N[C@@H](CCN)C1=O)c1ccccc1.CC[C@H](CN1CC[C@H](CNC(=O)c2ccc3cc(Cl)ccc3c2)N[C@H](CC(C)(C)N)C1=O)c1ccccc1. The van der Waals surface area contributed by atoms with Crippen molar-refractivity contribution in [2.45, 2.75) is 108 Å². The highest BCUT2D eigenvalue weighted by Crippen LogP contribution is 2.27. The number of carbonyl (C=O) groups excluding carboxylic acids is 4. The highest BCUT2D eigenvalue weighted by Gasteiger charge is 2.35. The number of benzene rings is 5. The van der Waals surface area contributed by atoms with Crippen molar-refractivity contribution in [3.63, 3.8) is 0 Å². The van der Waals surface area contributed by atoms with Crippen molar-refractivity contribution in [3.05, 3.63) is 153 Å². The summed E-state index contributed by atoms with van der Waals surface area (Å²) in [6.45, 7) is 12.0. The molecule has 71 heavy (non-hydrogen) atoms. The standard InChI is InChI=1S/C31H39ClN4O2.C25H32Cl2N4O2/c1-4-21(22-8-6-5-7-9-22)20-36-15-14-27(35-28(30(36)38)18-31(2,3)33)19-34-29(37)25-11-10-24-17-26(32)13-12-23(24)16-25;1-2-17(18-6-4-3-5-7-18)16-31-13-11-20(30-23(10-12-28)25(31)33)15-29-24(32)19-8-9-21(26)22(27)14-19/h5-13,16-17,21,27-28,35H,4,14-15,18-20,33H2,1-3H3,(H,34,37);3-9,14,17,20,23,30H,2,10-13,15-16,28H2,1H3,(H,29,32)/t21-,27-,28-;17-,20+,23+/m11/s1. The zero-order valence-electron chi connectivity index (χ0n) is 41.4. The molecule has 2 fully saturated rings. The predicted octanol–water partition coefficient (Wildman–Crippen LogP) is 8.93. The molecule has 6 atom stereocenters. The van der Waals surface area contributed by atoms with Gasteiger partial charge in [0.05, 0.1) is 22.1 Å². The minimum absolute atomic E-state index is 0.0426. The monoisotopic (exact) mass is 1020 g/mol. The Balaban J connectivity index is 0.000000235. The van der Waals surface area contributed by atoms with Crippen molar-refractivity contribution in [1.82, 2.24) is 31.1 Å². The molecule has 0 bridgehead atoms. The zero-order valence-corrected chi connectivity index (χ0v) is 43.7. The highest BCUT2D eigenvalue weighted by molar-refractivity contribution is 6.42. The molecule has 7 rings (SSSR count). The summed E-state index contributed by atoms with van der Waals surface area (Å²) in [5.41, 5.74) is 15.2. The molecule has 2 saturated heterocycles. The van der Waals surface area contributed by atoms with Crippen LogP contribution in [0.3, 0.4) is 0 Å². The van der Waals surface area contributed by atoms with E-state index >= 15 is 0 Å². The van der Waals surface area contributed by atoms with Gasteiger partial charge in [0.2, 0.25) is 11.8 Å². The van der Waals surface area contributed by atoms with Crippen molar-refractivity contribution >= 4 is 69.2 Å². The first-order valence-electron chi connectivity index (χ1n) is 24.9. The summed E-state index contributed by atoms with van der Waals surface area (Å²) in [7, 11) is 0. The fourth-order valence-corrected chi connectivity index (χ4v) is 9.93. The number of nitrogens with one attached hydrogen (secondary N) is 4. The first-order chi connectivity index (χ1) is 34.0. The number of fused-ring (bicyclic) bond motifs is 1. The van der Waals surface area contributed by atoms with E-state index in [1.54, 1.807) is 18.2 Å². The molecule has 5 aromatic carbocycles. The minimum atomic E-state index is -0.505. The molecule has 0 spiro atoms. The van der Waals surface area contributed by atoms with Crippen LogP contribution in [0.15, 0.2) is 115 Å². The fraction of sp³-hybridized carbons (Fsp3) is 0.429. The van der Waals surface area contributed by atoms with E-state index in [1.807, 2.05) is 96.4 Å². The second-order valence-electron chi connectivity index (χ2n) is 19.5. The van der Waals surface area contributed by atoms with Gasteiger partial charge < -0.3 is 42.5 Å². The van der Waals surface area contributed by atoms with Crippen LogP contribution in [0.2, 0.25) is 15.1 Å². The topological polar surface area (TPSA) is 175 Å². The number of amides is 4. The fourth-order valence-electron chi connectivity index (χ4n) is 9.45. The number of carbonyl (C=O) groups is 4. The molecule has 0 saturated carbocycles. The van der Waals surface area contributed by atoms with Gasteiger partial charge in [-0.15, -0.1) is 0 Å². The number of nitrogens with zero attached hydrogens (tertiary/aromatic N) is 2. The maximum Gasteiger partial charge on any atom is 0.251 e. The summed E-state index contributed by atoms with van der Waals surface area (Å²) in [4.78, 5) is 56.5. The summed E-state index contributed by atoms with van der Waals surface area (Å²) in [5, 5.41) is 16.3. The number of halogens is 3. The molecule has 0 radical (unpaired) electrons. The smallest absolute Gasteiger partial charge is 0.251 e. The van der Waals surface area contributed by atoms with Gasteiger partial charge in [-0.1, -0.05) is 121 Å². The van der Waals surface area contributed by atoms with E-state index in [2.05, 4.69) is 59.4 Å². The van der Waals surface area contributed by atoms with Gasteiger partial charge in [0.1, 0.15) is 0 Å². The minimum Gasteiger partial charge on any atom is -0.350 e. The van der Waals surface area contributed by atoms with Crippen molar-refractivity contribution < 1.29 is 19.2 Å². The van der Waals surface area contributed by atoms with Gasteiger partial charge in [-0.05, 0) is 123 Å².